The average molecular weight is 300 g/mol. The Balaban J connectivity index is 2.03. The highest BCUT2D eigenvalue weighted by molar-refractivity contribution is 6.07. The van der Waals surface area contributed by atoms with Crippen LogP contribution in [0.15, 0.2) is 42.5 Å². The molecule has 114 valence electrons. The molecule has 2 amide bonds. The second-order valence-electron chi connectivity index (χ2n) is 4.92. The van der Waals surface area contributed by atoms with Crippen molar-refractivity contribution in [1.82, 2.24) is 5.32 Å². The molecule has 0 saturated carbocycles. The van der Waals surface area contributed by atoms with Crippen molar-refractivity contribution in [3.63, 3.8) is 0 Å². The summed E-state index contributed by atoms with van der Waals surface area (Å²) >= 11 is 0. The Hall–Kier alpha value is -2.73. The lowest BCUT2D eigenvalue weighted by molar-refractivity contribution is -0.137. The molecule has 0 aliphatic carbocycles. The first-order valence-electron chi connectivity index (χ1n) is 6.79. The van der Waals surface area contributed by atoms with Crippen molar-refractivity contribution in [3.8, 4) is 0 Å². The van der Waals surface area contributed by atoms with Gasteiger partial charge in [-0.2, -0.15) is 0 Å². The van der Waals surface area contributed by atoms with E-state index in [0.717, 1.165) is 10.8 Å². The van der Waals surface area contributed by atoms with Gasteiger partial charge in [-0.25, -0.2) is 0 Å². The summed E-state index contributed by atoms with van der Waals surface area (Å²) in [6.07, 6.45) is -0.245. The zero-order valence-electron chi connectivity index (χ0n) is 11.8. The van der Waals surface area contributed by atoms with Gasteiger partial charge in [0.1, 0.15) is 0 Å². The number of benzene rings is 2. The zero-order valence-corrected chi connectivity index (χ0v) is 11.8. The summed E-state index contributed by atoms with van der Waals surface area (Å²) in [5.41, 5.74) is 5.90. The number of carbonyl (C=O) groups is 3. The maximum Gasteiger partial charge on any atom is 0.303 e. The number of fused-ring (bicyclic) bond motifs is 1. The van der Waals surface area contributed by atoms with Crippen LogP contribution < -0.4 is 11.1 Å². The highest BCUT2D eigenvalue weighted by Crippen LogP contribution is 2.15. The Morgan fingerprint density at radius 3 is 2.45 bits per heavy atom. The molecule has 0 aliphatic rings. The minimum absolute atomic E-state index is 0.0217. The molecule has 0 unspecified atom stereocenters. The van der Waals surface area contributed by atoms with E-state index >= 15 is 0 Å². The number of carboxylic acid groups (broad SMARTS) is 1. The van der Waals surface area contributed by atoms with E-state index < -0.39 is 23.8 Å². The zero-order chi connectivity index (χ0) is 16.1. The van der Waals surface area contributed by atoms with Crippen molar-refractivity contribution in [1.29, 1.82) is 0 Å². The maximum atomic E-state index is 12.0. The Kier molecular flexibility index (Phi) is 4.85. The molecule has 0 aliphatic heterocycles. The first-order valence-corrected chi connectivity index (χ1v) is 6.79. The van der Waals surface area contributed by atoms with Crippen LogP contribution in [0.2, 0.25) is 0 Å². The number of imide groups is 1. The number of carbonyl (C=O) groups excluding carboxylic acids is 2. The number of nitrogens with one attached hydrogen (secondary N) is 1. The Morgan fingerprint density at radius 1 is 1.09 bits per heavy atom. The van der Waals surface area contributed by atoms with E-state index in [-0.39, 0.29) is 12.8 Å². The molecule has 0 bridgehead atoms. The molecule has 0 fully saturated rings. The van der Waals surface area contributed by atoms with Crippen LogP contribution in [0.5, 0.6) is 0 Å². The molecule has 6 nitrogen and oxygen atoms in total. The molecule has 0 radical (unpaired) electrons. The van der Waals surface area contributed by atoms with Crippen LogP contribution in [-0.4, -0.2) is 28.9 Å². The van der Waals surface area contributed by atoms with Crippen molar-refractivity contribution in [2.75, 3.05) is 0 Å². The third-order valence-electron chi connectivity index (χ3n) is 3.25. The summed E-state index contributed by atoms with van der Waals surface area (Å²) in [5, 5.41) is 12.6. The van der Waals surface area contributed by atoms with Crippen LogP contribution in [-0.2, 0) is 9.59 Å². The maximum absolute atomic E-state index is 12.0. The van der Waals surface area contributed by atoms with Gasteiger partial charge in [0.2, 0.25) is 5.91 Å². The smallest absolute Gasteiger partial charge is 0.303 e. The monoisotopic (exact) mass is 300 g/mol. The molecule has 6 heteroatoms. The van der Waals surface area contributed by atoms with E-state index in [9.17, 15) is 14.4 Å². The predicted octanol–water partition coefficient (Wildman–Crippen LogP) is 1.29. The van der Waals surface area contributed by atoms with Gasteiger partial charge in [-0.15, -0.1) is 0 Å². The fraction of sp³-hybridized carbons (Fsp3) is 0.188. The second kappa shape index (κ2) is 6.82. The molecular weight excluding hydrogens is 284 g/mol. The van der Waals surface area contributed by atoms with E-state index in [4.69, 9.17) is 10.8 Å². The minimum atomic E-state index is -1.04. The van der Waals surface area contributed by atoms with Crippen LogP contribution in [0.4, 0.5) is 0 Å². The Morgan fingerprint density at radius 2 is 1.77 bits per heavy atom. The minimum Gasteiger partial charge on any atom is -0.481 e. The number of nitrogens with two attached hydrogens (primary N) is 1. The lowest BCUT2D eigenvalue weighted by atomic mass is 10.1. The van der Waals surface area contributed by atoms with Gasteiger partial charge in [-0.05, 0) is 29.3 Å². The van der Waals surface area contributed by atoms with Gasteiger partial charge in [-0.3, -0.25) is 19.7 Å². The fourth-order valence-corrected chi connectivity index (χ4v) is 2.02. The summed E-state index contributed by atoms with van der Waals surface area (Å²) in [7, 11) is 0. The quantitative estimate of drug-likeness (QED) is 0.770. The molecule has 2 aromatic rings. The summed E-state index contributed by atoms with van der Waals surface area (Å²) in [5.74, 6) is -2.27. The molecule has 0 spiro atoms. The molecule has 0 aromatic heterocycles. The first-order chi connectivity index (χ1) is 10.5. The highest BCUT2D eigenvalue weighted by Gasteiger charge is 2.18. The van der Waals surface area contributed by atoms with Crippen LogP contribution >= 0.6 is 0 Å². The van der Waals surface area contributed by atoms with Gasteiger partial charge < -0.3 is 10.8 Å². The number of amides is 2. The SMILES string of the molecule is N[C@@H](CCC(=O)O)C(=O)NC(=O)c1ccc2ccccc2c1. The van der Waals surface area contributed by atoms with Gasteiger partial charge in [0.15, 0.2) is 0 Å². The molecule has 22 heavy (non-hydrogen) atoms. The lowest BCUT2D eigenvalue weighted by Gasteiger charge is -2.10. The summed E-state index contributed by atoms with van der Waals surface area (Å²) < 4.78 is 0. The van der Waals surface area contributed by atoms with Crippen molar-refractivity contribution >= 4 is 28.6 Å². The summed E-state index contributed by atoms with van der Waals surface area (Å²) in [6.45, 7) is 0. The van der Waals surface area contributed by atoms with Crippen molar-refractivity contribution in [3.05, 3.63) is 48.0 Å². The second-order valence-corrected chi connectivity index (χ2v) is 4.92. The van der Waals surface area contributed by atoms with Crippen LogP contribution in [0, 0.1) is 0 Å². The van der Waals surface area contributed by atoms with Crippen molar-refractivity contribution < 1.29 is 19.5 Å². The summed E-state index contributed by atoms with van der Waals surface area (Å²) in [4.78, 5) is 34.2. The van der Waals surface area contributed by atoms with Gasteiger partial charge in [-0.1, -0.05) is 30.3 Å². The normalized spacial score (nSPS) is 11.9. The van der Waals surface area contributed by atoms with E-state index in [2.05, 4.69) is 5.32 Å². The third kappa shape index (κ3) is 3.89. The van der Waals surface area contributed by atoms with Crippen LogP contribution in [0.25, 0.3) is 10.8 Å². The number of aliphatic carboxylic acids is 1. The predicted molar refractivity (Wildman–Crippen MR) is 81.3 cm³/mol. The van der Waals surface area contributed by atoms with Gasteiger partial charge in [0.25, 0.3) is 5.91 Å². The molecule has 4 N–H and O–H groups in total. The molecule has 0 heterocycles. The average Bonchev–Trinajstić information content (AvgIpc) is 2.51. The number of carboxylic acids is 1. The fourth-order valence-electron chi connectivity index (χ4n) is 2.02. The van der Waals surface area contributed by atoms with E-state index in [1.807, 2.05) is 24.3 Å². The Labute approximate surface area is 126 Å². The van der Waals surface area contributed by atoms with Gasteiger partial charge >= 0.3 is 5.97 Å². The third-order valence-corrected chi connectivity index (χ3v) is 3.25. The lowest BCUT2D eigenvalue weighted by Crippen LogP contribution is -2.43. The molecule has 2 aromatic carbocycles. The first kappa shape index (κ1) is 15.7. The molecular formula is C16H16N2O4. The molecule has 1 atom stereocenters. The van der Waals surface area contributed by atoms with Gasteiger partial charge in [0.05, 0.1) is 6.04 Å². The largest absolute Gasteiger partial charge is 0.481 e. The number of rotatable bonds is 5. The summed E-state index contributed by atoms with van der Waals surface area (Å²) in [6, 6.07) is 11.6. The van der Waals surface area contributed by atoms with Gasteiger partial charge in [0, 0.05) is 12.0 Å². The molecule has 0 saturated heterocycles. The highest BCUT2D eigenvalue weighted by atomic mass is 16.4. The number of hydrogen-bond acceptors (Lipinski definition) is 4. The van der Waals surface area contributed by atoms with E-state index in [1.54, 1.807) is 18.2 Å². The number of hydrogen-bond donors (Lipinski definition) is 3. The van der Waals surface area contributed by atoms with Crippen molar-refractivity contribution in [2.24, 2.45) is 5.73 Å². The van der Waals surface area contributed by atoms with E-state index in [0.29, 0.717) is 5.56 Å². The van der Waals surface area contributed by atoms with E-state index in [1.165, 1.54) is 0 Å². The standard InChI is InChI=1S/C16H16N2O4/c17-13(7-8-14(19)20)16(22)18-15(21)12-6-5-10-3-1-2-4-11(10)9-12/h1-6,9,13H,7-8,17H2,(H,19,20)(H,18,21,22)/t13-/m0/s1. The topological polar surface area (TPSA) is 109 Å². The Bertz CT molecular complexity index is 727. The molecule has 2 rings (SSSR count). The van der Waals surface area contributed by atoms with Crippen molar-refractivity contribution in [2.45, 2.75) is 18.9 Å². The van der Waals surface area contributed by atoms with Crippen LogP contribution in [0.1, 0.15) is 23.2 Å². The van der Waals surface area contributed by atoms with Crippen LogP contribution in [0.3, 0.4) is 0 Å².